The van der Waals surface area contributed by atoms with Crippen molar-refractivity contribution in [2.45, 2.75) is 56.2 Å². The maximum atomic E-state index is 13.0. The van der Waals surface area contributed by atoms with Gasteiger partial charge in [-0.05, 0) is 45.1 Å². The Balaban J connectivity index is 1.61. The van der Waals surface area contributed by atoms with Crippen molar-refractivity contribution in [3.8, 4) is 0 Å². The summed E-state index contributed by atoms with van der Waals surface area (Å²) >= 11 is 1.10. The number of hydrogen-bond donors (Lipinski definition) is 1. The number of piperidine rings is 1. The number of sulfonamides is 1. The van der Waals surface area contributed by atoms with E-state index in [0.29, 0.717) is 31.5 Å². The number of amides is 2. The summed E-state index contributed by atoms with van der Waals surface area (Å²) in [4.78, 5) is 26.5. The van der Waals surface area contributed by atoms with Gasteiger partial charge in [0.1, 0.15) is 4.21 Å². The highest BCUT2D eigenvalue weighted by molar-refractivity contribution is 7.91. The molecule has 3 rings (SSSR count). The standard InChI is InChI=1S/C19H29N3O4S2/c1-3-14(2)20-18(23)15-6-10-22(11-7-15)28(25,26)17-12-16(13-27-17)19(24)21-8-4-5-9-21/h12-15H,3-11H2,1-2H3,(H,20,23)/t14-/m0/s1. The normalized spacial score (nSPS) is 20.3. The van der Waals surface area contributed by atoms with Crippen LogP contribution in [0.15, 0.2) is 15.7 Å². The van der Waals surface area contributed by atoms with Crippen LogP contribution >= 0.6 is 11.3 Å². The molecule has 2 fully saturated rings. The highest BCUT2D eigenvalue weighted by atomic mass is 32.2. The van der Waals surface area contributed by atoms with Crippen LogP contribution in [0.3, 0.4) is 0 Å². The summed E-state index contributed by atoms with van der Waals surface area (Å²) in [5.41, 5.74) is 0.452. The van der Waals surface area contributed by atoms with Crippen molar-refractivity contribution in [1.82, 2.24) is 14.5 Å². The predicted molar refractivity (Wildman–Crippen MR) is 109 cm³/mol. The van der Waals surface area contributed by atoms with Crippen molar-refractivity contribution in [3.63, 3.8) is 0 Å². The molecule has 0 unspecified atom stereocenters. The molecule has 0 bridgehead atoms. The Hall–Kier alpha value is -1.45. The van der Waals surface area contributed by atoms with Gasteiger partial charge in [-0.2, -0.15) is 4.31 Å². The molecule has 3 heterocycles. The minimum absolute atomic E-state index is 0.0148. The first-order valence-corrected chi connectivity index (χ1v) is 12.3. The van der Waals surface area contributed by atoms with Gasteiger partial charge < -0.3 is 10.2 Å². The van der Waals surface area contributed by atoms with Gasteiger partial charge in [-0.25, -0.2) is 8.42 Å². The fourth-order valence-corrected chi connectivity index (χ4v) is 6.39. The maximum Gasteiger partial charge on any atom is 0.254 e. The zero-order chi connectivity index (χ0) is 20.3. The number of carbonyl (C=O) groups excluding carboxylic acids is 2. The molecular weight excluding hydrogens is 398 g/mol. The Labute approximate surface area is 171 Å². The van der Waals surface area contributed by atoms with Crippen LogP contribution in [0.25, 0.3) is 0 Å². The van der Waals surface area contributed by atoms with Crippen LogP contribution in [0.2, 0.25) is 0 Å². The molecule has 0 spiro atoms. The average molecular weight is 428 g/mol. The lowest BCUT2D eigenvalue weighted by Crippen LogP contribution is -2.44. The van der Waals surface area contributed by atoms with E-state index in [9.17, 15) is 18.0 Å². The fraction of sp³-hybridized carbons (Fsp3) is 0.684. The van der Waals surface area contributed by atoms with Crippen LogP contribution in [-0.4, -0.2) is 61.7 Å². The summed E-state index contributed by atoms with van der Waals surface area (Å²) < 4.78 is 27.6. The van der Waals surface area contributed by atoms with E-state index in [-0.39, 0.29) is 28.0 Å². The Morgan fingerprint density at radius 1 is 1.21 bits per heavy atom. The number of carbonyl (C=O) groups is 2. The second kappa shape index (κ2) is 8.92. The summed E-state index contributed by atoms with van der Waals surface area (Å²) in [5.74, 6) is -0.215. The van der Waals surface area contributed by atoms with E-state index in [1.54, 1.807) is 10.3 Å². The minimum Gasteiger partial charge on any atom is -0.353 e. The smallest absolute Gasteiger partial charge is 0.254 e. The zero-order valence-corrected chi connectivity index (χ0v) is 18.2. The van der Waals surface area contributed by atoms with Crippen molar-refractivity contribution in [1.29, 1.82) is 0 Å². The summed E-state index contributed by atoms with van der Waals surface area (Å²) in [6.07, 6.45) is 3.91. The molecule has 1 aromatic rings. The van der Waals surface area contributed by atoms with Crippen LogP contribution < -0.4 is 5.32 Å². The van der Waals surface area contributed by atoms with Crippen LogP contribution in [0.5, 0.6) is 0 Å². The quantitative estimate of drug-likeness (QED) is 0.755. The second-order valence-electron chi connectivity index (χ2n) is 7.65. The van der Waals surface area contributed by atoms with E-state index in [1.165, 1.54) is 10.4 Å². The van der Waals surface area contributed by atoms with E-state index in [4.69, 9.17) is 0 Å². The molecule has 0 aliphatic carbocycles. The molecule has 1 aromatic heterocycles. The molecule has 7 nitrogen and oxygen atoms in total. The molecule has 9 heteroatoms. The third-order valence-electron chi connectivity index (χ3n) is 5.64. The highest BCUT2D eigenvalue weighted by Gasteiger charge is 2.33. The Morgan fingerprint density at radius 2 is 1.86 bits per heavy atom. The van der Waals surface area contributed by atoms with Gasteiger partial charge in [0.2, 0.25) is 5.91 Å². The van der Waals surface area contributed by atoms with Crippen molar-refractivity contribution >= 4 is 33.2 Å². The largest absolute Gasteiger partial charge is 0.353 e. The average Bonchev–Trinajstić information content (AvgIpc) is 3.39. The van der Waals surface area contributed by atoms with E-state index in [2.05, 4.69) is 5.32 Å². The van der Waals surface area contributed by atoms with E-state index in [1.807, 2.05) is 13.8 Å². The molecule has 0 radical (unpaired) electrons. The molecule has 1 N–H and O–H groups in total. The monoisotopic (exact) mass is 427 g/mol. The first kappa shape index (κ1) is 21.3. The Bertz CT molecular complexity index is 807. The maximum absolute atomic E-state index is 13.0. The van der Waals surface area contributed by atoms with Gasteiger partial charge in [-0.1, -0.05) is 6.92 Å². The minimum atomic E-state index is -3.63. The predicted octanol–water partition coefficient (Wildman–Crippen LogP) is 2.30. The number of nitrogens with zero attached hydrogens (tertiary/aromatic N) is 2. The molecule has 0 aromatic carbocycles. The summed E-state index contributed by atoms with van der Waals surface area (Å²) in [7, 11) is -3.63. The van der Waals surface area contributed by atoms with Crippen LogP contribution in [0, 0.1) is 5.92 Å². The third-order valence-corrected chi connectivity index (χ3v) is 8.95. The number of rotatable bonds is 6. The van der Waals surface area contributed by atoms with Gasteiger partial charge in [0, 0.05) is 43.5 Å². The lowest BCUT2D eigenvalue weighted by atomic mass is 9.97. The molecule has 1 atom stereocenters. The zero-order valence-electron chi connectivity index (χ0n) is 16.5. The topological polar surface area (TPSA) is 86.8 Å². The van der Waals surface area contributed by atoms with Crippen molar-refractivity contribution in [2.24, 2.45) is 5.92 Å². The van der Waals surface area contributed by atoms with Crippen LogP contribution in [0.4, 0.5) is 0 Å². The lowest BCUT2D eigenvalue weighted by molar-refractivity contribution is -0.126. The Morgan fingerprint density at radius 3 is 2.46 bits per heavy atom. The SMILES string of the molecule is CC[C@H](C)NC(=O)C1CCN(S(=O)(=O)c2cc(C(=O)N3CCCC3)cs2)CC1. The molecule has 2 aliphatic heterocycles. The van der Waals surface area contributed by atoms with Crippen molar-refractivity contribution in [3.05, 3.63) is 17.0 Å². The molecule has 156 valence electrons. The Kier molecular flexibility index (Phi) is 6.77. The molecule has 2 amide bonds. The van der Waals surface area contributed by atoms with Crippen molar-refractivity contribution in [2.75, 3.05) is 26.2 Å². The fourth-order valence-electron chi connectivity index (χ4n) is 3.62. The van der Waals surface area contributed by atoms with Crippen LogP contribution in [-0.2, 0) is 14.8 Å². The van der Waals surface area contributed by atoms with Gasteiger partial charge in [0.05, 0.1) is 5.56 Å². The van der Waals surface area contributed by atoms with E-state index in [0.717, 1.165) is 43.7 Å². The lowest BCUT2D eigenvalue weighted by Gasteiger charge is -2.30. The number of thiophene rings is 1. The van der Waals surface area contributed by atoms with Gasteiger partial charge in [-0.3, -0.25) is 9.59 Å². The molecule has 2 saturated heterocycles. The first-order valence-electron chi connectivity index (χ1n) is 10.0. The molecular formula is C19H29N3O4S2. The molecule has 0 saturated carbocycles. The van der Waals surface area contributed by atoms with Gasteiger partial charge in [0.25, 0.3) is 15.9 Å². The second-order valence-corrected chi connectivity index (χ2v) is 10.7. The summed E-state index contributed by atoms with van der Waals surface area (Å²) in [6.45, 7) is 6.12. The summed E-state index contributed by atoms with van der Waals surface area (Å²) in [6, 6.07) is 1.63. The molecule has 2 aliphatic rings. The van der Waals surface area contributed by atoms with Gasteiger partial charge in [0.15, 0.2) is 0 Å². The molecule has 28 heavy (non-hydrogen) atoms. The van der Waals surface area contributed by atoms with Crippen molar-refractivity contribution < 1.29 is 18.0 Å². The van der Waals surface area contributed by atoms with Crippen LogP contribution in [0.1, 0.15) is 56.3 Å². The van der Waals surface area contributed by atoms with Gasteiger partial charge in [-0.15, -0.1) is 11.3 Å². The van der Waals surface area contributed by atoms with E-state index >= 15 is 0 Å². The third kappa shape index (κ3) is 4.58. The van der Waals surface area contributed by atoms with Gasteiger partial charge >= 0.3 is 0 Å². The highest BCUT2D eigenvalue weighted by Crippen LogP contribution is 2.29. The first-order chi connectivity index (χ1) is 13.3. The number of hydrogen-bond acceptors (Lipinski definition) is 5. The number of nitrogens with one attached hydrogen (secondary N) is 1. The number of likely N-dealkylation sites (tertiary alicyclic amines) is 1. The summed E-state index contributed by atoms with van der Waals surface area (Å²) in [5, 5.41) is 4.62. The van der Waals surface area contributed by atoms with E-state index < -0.39 is 10.0 Å².